The van der Waals surface area contributed by atoms with E-state index in [1.807, 2.05) is 6.07 Å². The van der Waals surface area contributed by atoms with Crippen molar-refractivity contribution in [2.24, 2.45) is 0 Å². The summed E-state index contributed by atoms with van der Waals surface area (Å²) in [6.45, 7) is -0.660. The Balaban J connectivity index is 1.65. The minimum absolute atomic E-state index is 0.0908. The van der Waals surface area contributed by atoms with Crippen molar-refractivity contribution in [1.29, 1.82) is 0 Å². The number of ether oxygens (including phenoxy) is 1. The van der Waals surface area contributed by atoms with Gasteiger partial charge in [-0.3, -0.25) is 20.4 Å². The molecule has 0 aliphatic heterocycles. The Kier molecular flexibility index (Phi) is 8.31. The summed E-state index contributed by atoms with van der Waals surface area (Å²) in [5.41, 5.74) is 4.92. The van der Waals surface area contributed by atoms with Crippen molar-refractivity contribution in [3.05, 3.63) is 71.4 Å². The third kappa shape index (κ3) is 8.54. The minimum Gasteiger partial charge on any atom is -0.481 e. The van der Waals surface area contributed by atoms with Gasteiger partial charge in [-0.25, -0.2) is 17.5 Å². The molecule has 0 aliphatic carbocycles. The van der Waals surface area contributed by atoms with Crippen molar-refractivity contribution >= 4 is 27.9 Å². The van der Waals surface area contributed by atoms with Crippen molar-refractivity contribution < 1.29 is 27.1 Å². The molecule has 0 saturated carbocycles. The molecular formula is C19H20FN3O5S. The van der Waals surface area contributed by atoms with E-state index in [4.69, 9.17) is 4.74 Å². The zero-order chi connectivity index (χ0) is 21.1. The number of amides is 2. The summed E-state index contributed by atoms with van der Waals surface area (Å²) >= 11 is 0. The van der Waals surface area contributed by atoms with Crippen molar-refractivity contribution in [2.75, 3.05) is 13.2 Å². The molecule has 0 radical (unpaired) electrons. The van der Waals surface area contributed by atoms with E-state index >= 15 is 0 Å². The molecular weight excluding hydrogens is 401 g/mol. The summed E-state index contributed by atoms with van der Waals surface area (Å²) in [7, 11) is -3.70. The van der Waals surface area contributed by atoms with Crippen LogP contribution in [0.2, 0.25) is 0 Å². The lowest BCUT2D eigenvalue weighted by atomic mass is 10.2. The first kappa shape index (κ1) is 22.1. The standard InChI is InChI=1S/C19H20FN3O5S/c20-16-8-4-5-9-17(16)28-14-19(25)23-22-18(24)10-12-21-29(26,27)13-11-15-6-2-1-3-7-15/h1-9,11,13,21H,10,12,14H2,(H,22,24)(H,23,25)/b13-11+. The van der Waals surface area contributed by atoms with Crippen LogP contribution in [-0.4, -0.2) is 33.4 Å². The van der Waals surface area contributed by atoms with Crippen LogP contribution in [0.5, 0.6) is 5.75 Å². The van der Waals surface area contributed by atoms with Gasteiger partial charge in [-0.05, 0) is 23.8 Å². The van der Waals surface area contributed by atoms with Gasteiger partial charge < -0.3 is 4.74 Å². The predicted molar refractivity (Wildman–Crippen MR) is 105 cm³/mol. The lowest BCUT2D eigenvalue weighted by Crippen LogP contribution is -2.44. The molecule has 0 aliphatic rings. The number of nitrogens with one attached hydrogen (secondary N) is 3. The lowest BCUT2D eigenvalue weighted by molar-refractivity contribution is -0.130. The molecule has 0 spiro atoms. The molecule has 0 saturated heterocycles. The molecule has 0 aromatic heterocycles. The summed E-state index contributed by atoms with van der Waals surface area (Å²) in [6, 6.07) is 14.4. The molecule has 8 nitrogen and oxygen atoms in total. The summed E-state index contributed by atoms with van der Waals surface area (Å²) in [5, 5.41) is 1.00. The van der Waals surface area contributed by atoms with Crippen LogP contribution in [0.1, 0.15) is 12.0 Å². The highest BCUT2D eigenvalue weighted by Crippen LogP contribution is 2.14. The fraction of sp³-hybridized carbons (Fsp3) is 0.158. The van der Waals surface area contributed by atoms with Gasteiger partial charge in [0, 0.05) is 18.4 Å². The Morgan fingerprint density at radius 1 is 0.966 bits per heavy atom. The molecule has 154 valence electrons. The van der Waals surface area contributed by atoms with Crippen molar-refractivity contribution in [2.45, 2.75) is 6.42 Å². The highest BCUT2D eigenvalue weighted by atomic mass is 32.2. The molecule has 29 heavy (non-hydrogen) atoms. The summed E-state index contributed by atoms with van der Waals surface area (Å²) < 4.78 is 44.3. The van der Waals surface area contributed by atoms with Gasteiger partial charge in [0.2, 0.25) is 15.9 Å². The number of halogens is 1. The fourth-order valence-corrected chi connectivity index (χ4v) is 2.85. The molecule has 2 rings (SSSR count). The highest BCUT2D eigenvalue weighted by Gasteiger charge is 2.09. The van der Waals surface area contributed by atoms with Gasteiger partial charge in [-0.1, -0.05) is 42.5 Å². The van der Waals surface area contributed by atoms with Gasteiger partial charge in [-0.15, -0.1) is 0 Å². The van der Waals surface area contributed by atoms with Crippen LogP contribution >= 0.6 is 0 Å². The molecule has 3 N–H and O–H groups in total. The zero-order valence-corrected chi connectivity index (χ0v) is 16.1. The van der Waals surface area contributed by atoms with E-state index in [1.54, 1.807) is 30.3 Å². The molecule has 0 bridgehead atoms. The van der Waals surface area contributed by atoms with E-state index < -0.39 is 34.3 Å². The van der Waals surface area contributed by atoms with Gasteiger partial charge >= 0.3 is 0 Å². The average molecular weight is 421 g/mol. The van der Waals surface area contributed by atoms with E-state index in [9.17, 15) is 22.4 Å². The second-order valence-electron chi connectivity index (χ2n) is 5.72. The van der Waals surface area contributed by atoms with Gasteiger partial charge in [-0.2, -0.15) is 0 Å². The maximum atomic E-state index is 13.4. The quantitative estimate of drug-likeness (QED) is 0.529. The largest absolute Gasteiger partial charge is 0.481 e. The number of carbonyl (C=O) groups excluding carboxylic acids is 2. The molecule has 0 atom stereocenters. The monoisotopic (exact) mass is 421 g/mol. The topological polar surface area (TPSA) is 114 Å². The van der Waals surface area contributed by atoms with E-state index in [0.717, 1.165) is 11.0 Å². The number of sulfonamides is 1. The zero-order valence-electron chi connectivity index (χ0n) is 15.3. The van der Waals surface area contributed by atoms with Crippen molar-refractivity contribution in [1.82, 2.24) is 15.6 Å². The van der Waals surface area contributed by atoms with Crippen LogP contribution in [-0.2, 0) is 19.6 Å². The Hall–Kier alpha value is -3.24. The number of para-hydroxylation sites is 1. The van der Waals surface area contributed by atoms with Crippen LogP contribution in [0.15, 0.2) is 60.0 Å². The number of benzene rings is 2. The number of hydrogen-bond donors (Lipinski definition) is 3. The summed E-state index contributed by atoms with van der Waals surface area (Å²) in [6.07, 6.45) is 1.23. The number of hydrogen-bond acceptors (Lipinski definition) is 5. The van der Waals surface area contributed by atoms with Crippen molar-refractivity contribution in [3.63, 3.8) is 0 Å². The Bertz CT molecular complexity index is 965. The summed E-state index contributed by atoms with van der Waals surface area (Å²) in [5.74, 6) is -2.02. The van der Waals surface area contributed by atoms with Crippen LogP contribution in [0.25, 0.3) is 6.08 Å². The number of rotatable bonds is 9. The third-order valence-electron chi connectivity index (χ3n) is 3.43. The van der Waals surface area contributed by atoms with E-state index in [2.05, 4.69) is 15.6 Å². The normalized spacial score (nSPS) is 11.2. The van der Waals surface area contributed by atoms with E-state index in [-0.39, 0.29) is 18.7 Å². The maximum absolute atomic E-state index is 13.4. The smallest absolute Gasteiger partial charge is 0.276 e. The highest BCUT2D eigenvalue weighted by molar-refractivity contribution is 7.92. The first-order valence-electron chi connectivity index (χ1n) is 8.53. The predicted octanol–water partition coefficient (Wildman–Crippen LogP) is 1.33. The fourth-order valence-electron chi connectivity index (χ4n) is 2.03. The van der Waals surface area contributed by atoms with Gasteiger partial charge in [0.1, 0.15) is 0 Å². The molecule has 0 unspecified atom stereocenters. The number of carbonyl (C=O) groups is 2. The molecule has 2 aromatic carbocycles. The molecule has 10 heteroatoms. The Labute approximate surface area is 167 Å². The van der Waals surface area contributed by atoms with Crippen LogP contribution in [0.4, 0.5) is 4.39 Å². The lowest BCUT2D eigenvalue weighted by Gasteiger charge is -2.09. The van der Waals surface area contributed by atoms with E-state index in [1.165, 1.54) is 24.3 Å². The average Bonchev–Trinajstić information content (AvgIpc) is 2.71. The Morgan fingerprint density at radius 3 is 2.34 bits per heavy atom. The second kappa shape index (κ2) is 10.9. The van der Waals surface area contributed by atoms with Crippen LogP contribution < -0.4 is 20.3 Å². The van der Waals surface area contributed by atoms with Crippen LogP contribution in [0.3, 0.4) is 0 Å². The minimum atomic E-state index is -3.70. The van der Waals surface area contributed by atoms with Crippen LogP contribution in [0, 0.1) is 5.82 Å². The SMILES string of the molecule is O=C(CCNS(=O)(=O)/C=C/c1ccccc1)NNC(=O)COc1ccccc1F. The van der Waals surface area contributed by atoms with Gasteiger partial charge in [0.15, 0.2) is 18.2 Å². The van der Waals surface area contributed by atoms with Crippen molar-refractivity contribution in [3.8, 4) is 5.75 Å². The van der Waals surface area contributed by atoms with Gasteiger partial charge in [0.05, 0.1) is 0 Å². The second-order valence-corrected chi connectivity index (χ2v) is 7.37. The first-order chi connectivity index (χ1) is 13.9. The molecule has 2 amide bonds. The third-order valence-corrected chi connectivity index (χ3v) is 4.53. The summed E-state index contributed by atoms with van der Waals surface area (Å²) in [4.78, 5) is 23.3. The Morgan fingerprint density at radius 2 is 1.62 bits per heavy atom. The first-order valence-corrected chi connectivity index (χ1v) is 10.1. The van der Waals surface area contributed by atoms with E-state index in [0.29, 0.717) is 0 Å². The van der Waals surface area contributed by atoms with Gasteiger partial charge in [0.25, 0.3) is 5.91 Å². The maximum Gasteiger partial charge on any atom is 0.276 e. The molecule has 0 heterocycles. The number of hydrazine groups is 1. The molecule has 0 fully saturated rings. The molecule has 2 aromatic rings.